The molecule has 1 atom stereocenters. The maximum Gasteiger partial charge on any atom is 0.246 e. The highest BCUT2D eigenvalue weighted by molar-refractivity contribution is 6.15. The second-order valence-corrected chi connectivity index (χ2v) is 6.56. The van der Waals surface area contributed by atoms with Crippen molar-refractivity contribution in [3.8, 4) is 11.8 Å². The molecule has 2 aliphatic rings. The van der Waals surface area contributed by atoms with Gasteiger partial charge in [-0.1, -0.05) is 45.8 Å². The Hall–Kier alpha value is -2.08. The lowest BCUT2D eigenvalue weighted by molar-refractivity contribution is -0.118. The van der Waals surface area contributed by atoms with E-state index in [1.807, 2.05) is 0 Å². The number of carbonyl (C=O) groups excluding carboxylic acids is 1. The third-order valence-corrected chi connectivity index (χ3v) is 4.41. The zero-order valence-electron chi connectivity index (χ0n) is 15.3. The van der Waals surface area contributed by atoms with Crippen molar-refractivity contribution >= 4 is 11.6 Å². The molecular formula is C21H28N2O. The van der Waals surface area contributed by atoms with Crippen LogP contribution in [0.15, 0.2) is 40.1 Å². The van der Waals surface area contributed by atoms with Crippen molar-refractivity contribution in [1.29, 1.82) is 0 Å². The van der Waals surface area contributed by atoms with Crippen LogP contribution in [-0.4, -0.2) is 18.2 Å². The molecule has 0 saturated carbocycles. The van der Waals surface area contributed by atoms with E-state index in [0.29, 0.717) is 11.8 Å². The Morgan fingerprint density at radius 2 is 2.21 bits per heavy atom. The quantitative estimate of drug-likeness (QED) is 0.774. The van der Waals surface area contributed by atoms with E-state index in [1.165, 1.54) is 11.1 Å². The molecule has 1 N–H and O–H groups in total. The number of rotatable bonds is 4. The van der Waals surface area contributed by atoms with Crippen LogP contribution < -0.4 is 5.32 Å². The molecule has 0 spiro atoms. The molecule has 0 aromatic heterocycles. The Morgan fingerprint density at radius 3 is 2.88 bits per heavy atom. The van der Waals surface area contributed by atoms with Crippen molar-refractivity contribution in [1.82, 2.24) is 5.32 Å². The largest absolute Gasteiger partial charge is 0.324 e. The Morgan fingerprint density at radius 1 is 1.42 bits per heavy atom. The summed E-state index contributed by atoms with van der Waals surface area (Å²) in [6.45, 7) is 8.81. The molecule has 0 aromatic carbocycles. The van der Waals surface area contributed by atoms with E-state index < -0.39 is 0 Å². The Labute approximate surface area is 146 Å². The first kappa shape index (κ1) is 18.3. The monoisotopic (exact) mass is 324 g/mol. The van der Waals surface area contributed by atoms with Crippen LogP contribution in [0.25, 0.3) is 0 Å². The minimum absolute atomic E-state index is 0.0361. The average Bonchev–Trinajstić information content (AvgIpc) is 2.72. The molecule has 1 heterocycles. The molecular weight excluding hydrogens is 296 g/mol. The third kappa shape index (κ3) is 4.47. The number of hydrogen-bond acceptors (Lipinski definition) is 2. The number of nitrogens with zero attached hydrogens (tertiary/aromatic N) is 1. The van der Waals surface area contributed by atoms with Crippen molar-refractivity contribution < 1.29 is 4.79 Å². The Balaban J connectivity index is 2.42. The molecule has 128 valence electrons. The van der Waals surface area contributed by atoms with Gasteiger partial charge in [-0.05, 0) is 36.3 Å². The molecule has 2 rings (SSSR count). The number of allylic oxidation sites excluding steroid dienone is 5. The minimum Gasteiger partial charge on any atom is -0.324 e. The lowest BCUT2D eigenvalue weighted by Gasteiger charge is -2.24. The van der Waals surface area contributed by atoms with E-state index in [0.717, 1.165) is 37.1 Å². The van der Waals surface area contributed by atoms with Crippen molar-refractivity contribution in [2.75, 3.05) is 6.54 Å². The highest BCUT2D eigenvalue weighted by Crippen LogP contribution is 2.31. The van der Waals surface area contributed by atoms with Crippen LogP contribution in [0.1, 0.15) is 53.4 Å². The molecule has 0 saturated heterocycles. The van der Waals surface area contributed by atoms with Gasteiger partial charge in [-0.2, -0.15) is 0 Å². The summed E-state index contributed by atoms with van der Waals surface area (Å²) in [6, 6.07) is 0. The Bertz CT molecular complexity index is 666. The van der Waals surface area contributed by atoms with E-state index in [1.54, 1.807) is 0 Å². The van der Waals surface area contributed by atoms with Crippen LogP contribution in [0.4, 0.5) is 0 Å². The average molecular weight is 324 g/mol. The maximum absolute atomic E-state index is 12.0. The van der Waals surface area contributed by atoms with Crippen LogP contribution in [0.2, 0.25) is 0 Å². The smallest absolute Gasteiger partial charge is 0.246 e. The first-order chi connectivity index (χ1) is 11.6. The van der Waals surface area contributed by atoms with Gasteiger partial charge < -0.3 is 5.32 Å². The second-order valence-electron chi connectivity index (χ2n) is 6.56. The molecule has 3 nitrogen and oxygen atoms in total. The fourth-order valence-electron chi connectivity index (χ4n) is 3.06. The minimum atomic E-state index is -0.0361. The molecule has 1 amide bonds. The summed E-state index contributed by atoms with van der Waals surface area (Å²) in [5, 5.41) is 3.01. The molecule has 3 heteroatoms. The van der Waals surface area contributed by atoms with Crippen molar-refractivity contribution in [3.05, 3.63) is 35.1 Å². The van der Waals surface area contributed by atoms with Crippen LogP contribution in [-0.2, 0) is 4.79 Å². The predicted octanol–water partition coefficient (Wildman–Crippen LogP) is 4.18. The summed E-state index contributed by atoms with van der Waals surface area (Å²) in [7, 11) is 0. The van der Waals surface area contributed by atoms with E-state index in [2.05, 4.69) is 68.1 Å². The summed E-state index contributed by atoms with van der Waals surface area (Å²) >= 11 is 0. The van der Waals surface area contributed by atoms with Gasteiger partial charge in [0.1, 0.15) is 6.54 Å². The summed E-state index contributed by atoms with van der Waals surface area (Å²) < 4.78 is 0. The van der Waals surface area contributed by atoms with Crippen molar-refractivity contribution in [3.63, 3.8) is 0 Å². The van der Waals surface area contributed by atoms with Crippen LogP contribution in [0.3, 0.4) is 0 Å². The first-order valence-corrected chi connectivity index (χ1v) is 8.98. The second kappa shape index (κ2) is 8.68. The normalized spacial score (nSPS) is 20.9. The summed E-state index contributed by atoms with van der Waals surface area (Å²) in [6.07, 6.45) is 10.1. The summed E-state index contributed by atoms with van der Waals surface area (Å²) in [4.78, 5) is 16.7. The van der Waals surface area contributed by atoms with Gasteiger partial charge in [0.2, 0.25) is 5.91 Å². The zero-order chi connectivity index (χ0) is 17.5. The van der Waals surface area contributed by atoms with Gasteiger partial charge in [-0.25, -0.2) is 0 Å². The van der Waals surface area contributed by atoms with E-state index in [9.17, 15) is 4.79 Å². The molecule has 0 aromatic rings. The highest BCUT2D eigenvalue weighted by atomic mass is 16.1. The summed E-state index contributed by atoms with van der Waals surface area (Å²) in [5.74, 6) is 7.12. The molecule has 1 aliphatic heterocycles. The predicted molar refractivity (Wildman–Crippen MR) is 101 cm³/mol. The van der Waals surface area contributed by atoms with Gasteiger partial charge in [0, 0.05) is 24.1 Å². The highest BCUT2D eigenvalue weighted by Gasteiger charge is 2.26. The third-order valence-electron chi connectivity index (χ3n) is 4.41. The van der Waals surface area contributed by atoms with Gasteiger partial charge in [0.25, 0.3) is 0 Å². The molecule has 24 heavy (non-hydrogen) atoms. The topological polar surface area (TPSA) is 41.5 Å². The van der Waals surface area contributed by atoms with Gasteiger partial charge in [0.05, 0.1) is 5.71 Å². The SMILES string of the molecule is CCC#CC/C=C(/C1=NCC(=O)NC2=C1CC(CC)C=C2)C(C)C. The van der Waals surface area contributed by atoms with E-state index >= 15 is 0 Å². The van der Waals surface area contributed by atoms with Gasteiger partial charge in [0.15, 0.2) is 0 Å². The van der Waals surface area contributed by atoms with Gasteiger partial charge in [-0.3, -0.25) is 9.79 Å². The lowest BCUT2D eigenvalue weighted by atomic mass is 9.83. The number of aliphatic imine (C=N–C) groups is 1. The number of nitrogens with one attached hydrogen (secondary N) is 1. The van der Waals surface area contributed by atoms with Crippen molar-refractivity contribution in [2.45, 2.75) is 53.4 Å². The Kier molecular flexibility index (Phi) is 6.61. The molecule has 0 fully saturated rings. The van der Waals surface area contributed by atoms with Gasteiger partial charge >= 0.3 is 0 Å². The summed E-state index contributed by atoms with van der Waals surface area (Å²) in [5.41, 5.74) is 4.31. The zero-order valence-corrected chi connectivity index (χ0v) is 15.3. The standard InChI is InChI=1S/C21H28N2O/c1-5-7-8-9-10-17(15(3)4)21-18-13-16(6-2)11-12-19(18)23-20(24)14-22-21/h10-12,15-16H,5-6,9,13-14H2,1-4H3,(H,23,24)/b17-10+. The van der Waals surface area contributed by atoms with Crippen LogP contribution >= 0.6 is 0 Å². The number of hydrogen-bond donors (Lipinski definition) is 1. The molecule has 1 unspecified atom stereocenters. The maximum atomic E-state index is 12.0. The van der Waals surface area contributed by atoms with Gasteiger partial charge in [-0.15, -0.1) is 5.92 Å². The van der Waals surface area contributed by atoms with Crippen LogP contribution in [0.5, 0.6) is 0 Å². The van der Waals surface area contributed by atoms with E-state index in [-0.39, 0.29) is 12.5 Å². The fraction of sp³-hybridized carbons (Fsp3) is 0.524. The first-order valence-electron chi connectivity index (χ1n) is 8.98. The lowest BCUT2D eigenvalue weighted by Crippen LogP contribution is -2.25. The van der Waals surface area contributed by atoms with Crippen molar-refractivity contribution in [2.24, 2.45) is 16.8 Å². The van der Waals surface area contributed by atoms with E-state index in [4.69, 9.17) is 0 Å². The molecule has 0 bridgehead atoms. The number of amides is 1. The van der Waals surface area contributed by atoms with Crippen LogP contribution in [0, 0.1) is 23.7 Å². The molecule has 0 radical (unpaired) electrons. The number of carbonyl (C=O) groups is 1. The fourth-order valence-corrected chi connectivity index (χ4v) is 3.06. The molecule has 1 aliphatic carbocycles.